The van der Waals surface area contributed by atoms with Gasteiger partial charge in [-0.25, -0.2) is 0 Å². The van der Waals surface area contributed by atoms with Crippen LogP contribution >= 0.6 is 0 Å². The predicted molar refractivity (Wildman–Crippen MR) is 78.2 cm³/mol. The molecular formula is C15H24N2O. The second-order valence-corrected chi connectivity index (χ2v) is 3.97. The summed E-state index contributed by atoms with van der Waals surface area (Å²) in [4.78, 5) is 15.5. The smallest absolute Gasteiger partial charge is 0.222 e. The van der Waals surface area contributed by atoms with E-state index in [1.54, 1.807) is 11.0 Å². The van der Waals surface area contributed by atoms with E-state index in [0.717, 1.165) is 5.70 Å². The number of carbonyl (C=O) groups is 1. The molecule has 0 N–H and O–H groups in total. The fraction of sp³-hybridized carbons (Fsp3) is 0.400. The summed E-state index contributed by atoms with van der Waals surface area (Å²) < 4.78 is 0. The molecular weight excluding hydrogens is 224 g/mol. The van der Waals surface area contributed by atoms with E-state index in [1.165, 1.54) is 0 Å². The molecule has 100 valence electrons. The van der Waals surface area contributed by atoms with Crippen molar-refractivity contribution in [3.8, 4) is 0 Å². The molecule has 0 fully saturated rings. The second-order valence-electron chi connectivity index (χ2n) is 3.97. The fourth-order valence-corrected chi connectivity index (χ4v) is 1.60. The predicted octanol–water partition coefficient (Wildman–Crippen LogP) is 2.60. The van der Waals surface area contributed by atoms with Crippen molar-refractivity contribution >= 4 is 5.91 Å². The molecule has 0 aromatic carbocycles. The van der Waals surface area contributed by atoms with Crippen molar-refractivity contribution in [3.05, 3.63) is 50.2 Å². The molecule has 0 aromatic rings. The lowest BCUT2D eigenvalue weighted by Gasteiger charge is -2.29. The van der Waals surface area contributed by atoms with Crippen LogP contribution in [0, 0.1) is 0 Å². The van der Waals surface area contributed by atoms with Gasteiger partial charge in [0.15, 0.2) is 0 Å². The summed E-state index contributed by atoms with van der Waals surface area (Å²) in [5.41, 5.74) is 0.887. The maximum absolute atomic E-state index is 11.8. The van der Waals surface area contributed by atoms with Crippen molar-refractivity contribution in [1.82, 2.24) is 9.80 Å². The van der Waals surface area contributed by atoms with E-state index in [1.807, 2.05) is 24.0 Å². The van der Waals surface area contributed by atoms with Crippen molar-refractivity contribution in [2.24, 2.45) is 0 Å². The fourth-order valence-electron chi connectivity index (χ4n) is 1.60. The molecule has 1 amide bonds. The van der Waals surface area contributed by atoms with Crippen LogP contribution in [0.4, 0.5) is 0 Å². The summed E-state index contributed by atoms with van der Waals surface area (Å²) >= 11 is 0. The first-order chi connectivity index (χ1) is 8.60. The first kappa shape index (κ1) is 16.2. The van der Waals surface area contributed by atoms with Crippen LogP contribution in [0.15, 0.2) is 50.2 Å². The third-order valence-corrected chi connectivity index (χ3v) is 2.52. The zero-order valence-electron chi connectivity index (χ0n) is 11.4. The van der Waals surface area contributed by atoms with E-state index in [0.29, 0.717) is 32.6 Å². The molecule has 3 heteroatoms. The molecule has 0 heterocycles. The van der Waals surface area contributed by atoms with Crippen molar-refractivity contribution in [2.45, 2.75) is 13.3 Å². The Bertz CT molecular complexity index is 310. The molecule has 0 aromatic heterocycles. The third-order valence-electron chi connectivity index (χ3n) is 2.52. The Morgan fingerprint density at radius 1 is 1.00 bits per heavy atom. The molecule has 0 aliphatic rings. The van der Waals surface area contributed by atoms with Crippen molar-refractivity contribution < 1.29 is 4.79 Å². The molecule has 0 atom stereocenters. The lowest BCUT2D eigenvalue weighted by molar-refractivity contribution is -0.130. The molecule has 0 spiro atoms. The quantitative estimate of drug-likeness (QED) is 0.555. The van der Waals surface area contributed by atoms with Crippen LogP contribution in [0.2, 0.25) is 0 Å². The van der Waals surface area contributed by atoms with Crippen LogP contribution in [-0.2, 0) is 4.79 Å². The summed E-state index contributed by atoms with van der Waals surface area (Å²) in [6, 6.07) is 0. The number of nitrogens with zero attached hydrogens (tertiary/aromatic N) is 2. The molecule has 0 aliphatic carbocycles. The molecule has 0 saturated heterocycles. The van der Waals surface area contributed by atoms with Crippen molar-refractivity contribution in [3.63, 3.8) is 0 Å². The lowest BCUT2D eigenvalue weighted by atomic mass is 10.3. The minimum absolute atomic E-state index is 0.105. The first-order valence-electron chi connectivity index (χ1n) is 6.13. The molecule has 0 radical (unpaired) electrons. The van der Waals surface area contributed by atoms with E-state index in [2.05, 4.69) is 26.3 Å². The van der Waals surface area contributed by atoms with Gasteiger partial charge < -0.3 is 9.80 Å². The van der Waals surface area contributed by atoms with Crippen molar-refractivity contribution in [2.75, 3.05) is 26.2 Å². The number of amides is 1. The van der Waals surface area contributed by atoms with Gasteiger partial charge in [-0.3, -0.25) is 4.79 Å². The van der Waals surface area contributed by atoms with Crippen LogP contribution in [0.1, 0.15) is 13.3 Å². The number of hydrogen-bond donors (Lipinski definition) is 0. The highest BCUT2D eigenvalue weighted by Crippen LogP contribution is 2.06. The zero-order valence-corrected chi connectivity index (χ0v) is 11.4. The Labute approximate surface area is 111 Å². The monoisotopic (exact) mass is 248 g/mol. The van der Waals surface area contributed by atoms with Crippen LogP contribution in [0.25, 0.3) is 0 Å². The second kappa shape index (κ2) is 9.28. The van der Waals surface area contributed by atoms with Gasteiger partial charge in [0.05, 0.1) is 6.54 Å². The lowest BCUT2D eigenvalue weighted by Crippen LogP contribution is -2.37. The number of hydrogen-bond acceptors (Lipinski definition) is 2. The molecule has 0 unspecified atom stereocenters. The number of carbonyl (C=O) groups excluding carboxylic acids is 1. The first-order valence-corrected chi connectivity index (χ1v) is 6.13. The maximum Gasteiger partial charge on any atom is 0.222 e. The van der Waals surface area contributed by atoms with Gasteiger partial charge >= 0.3 is 0 Å². The summed E-state index contributed by atoms with van der Waals surface area (Å²) in [5.74, 6) is 0.105. The summed E-state index contributed by atoms with van der Waals surface area (Å²) in [6.07, 6.45) is 5.85. The van der Waals surface area contributed by atoms with Crippen LogP contribution in [0.3, 0.4) is 0 Å². The normalized spacial score (nSPS) is 9.39. The molecule has 0 aliphatic heterocycles. The molecule has 0 bridgehead atoms. The highest BCUT2D eigenvalue weighted by atomic mass is 16.2. The van der Waals surface area contributed by atoms with Crippen LogP contribution in [0.5, 0.6) is 0 Å². The SMILES string of the molecule is C=CCN(CC=C)C(=C)CN(CC=C)C(=O)CC. The Morgan fingerprint density at radius 3 is 1.83 bits per heavy atom. The Balaban J connectivity index is 4.62. The van der Waals surface area contributed by atoms with Gasteiger partial charge in [0.25, 0.3) is 0 Å². The Kier molecular flexibility index (Phi) is 8.37. The standard InChI is InChI=1S/C15H24N2O/c1-6-10-16(11-7-2)14(5)13-17(12-8-3)15(18)9-4/h6-8H,1-3,5,9-13H2,4H3. The largest absolute Gasteiger partial charge is 0.366 e. The summed E-state index contributed by atoms with van der Waals surface area (Å²) in [7, 11) is 0. The minimum Gasteiger partial charge on any atom is -0.366 e. The molecule has 0 rings (SSSR count). The highest BCUT2D eigenvalue weighted by Gasteiger charge is 2.13. The van der Waals surface area contributed by atoms with Gasteiger partial charge in [-0.15, -0.1) is 19.7 Å². The topological polar surface area (TPSA) is 23.6 Å². The van der Waals surface area contributed by atoms with E-state index in [-0.39, 0.29) is 5.91 Å². The van der Waals surface area contributed by atoms with E-state index in [9.17, 15) is 4.79 Å². The summed E-state index contributed by atoms with van der Waals surface area (Å²) in [6.45, 7) is 19.5. The van der Waals surface area contributed by atoms with Gasteiger partial charge in [0.2, 0.25) is 5.91 Å². The van der Waals surface area contributed by atoms with Gasteiger partial charge in [-0.2, -0.15) is 0 Å². The average Bonchev–Trinajstić information content (AvgIpc) is 2.37. The van der Waals surface area contributed by atoms with Gasteiger partial charge in [-0.05, 0) is 0 Å². The van der Waals surface area contributed by atoms with Gasteiger partial charge in [-0.1, -0.05) is 31.7 Å². The molecule has 0 saturated carbocycles. The Morgan fingerprint density at radius 2 is 1.44 bits per heavy atom. The van der Waals surface area contributed by atoms with Crippen LogP contribution in [-0.4, -0.2) is 41.9 Å². The molecule has 3 nitrogen and oxygen atoms in total. The Hall–Kier alpha value is -1.77. The van der Waals surface area contributed by atoms with E-state index < -0.39 is 0 Å². The van der Waals surface area contributed by atoms with Gasteiger partial charge in [0, 0.05) is 31.8 Å². The van der Waals surface area contributed by atoms with E-state index in [4.69, 9.17) is 0 Å². The summed E-state index contributed by atoms with van der Waals surface area (Å²) in [5, 5.41) is 0. The van der Waals surface area contributed by atoms with E-state index >= 15 is 0 Å². The van der Waals surface area contributed by atoms with Gasteiger partial charge in [0.1, 0.15) is 0 Å². The average molecular weight is 248 g/mol. The highest BCUT2D eigenvalue weighted by molar-refractivity contribution is 5.76. The third kappa shape index (κ3) is 5.53. The van der Waals surface area contributed by atoms with Crippen molar-refractivity contribution in [1.29, 1.82) is 0 Å². The maximum atomic E-state index is 11.8. The van der Waals surface area contributed by atoms with Crippen LogP contribution < -0.4 is 0 Å². The molecule has 18 heavy (non-hydrogen) atoms. The number of rotatable bonds is 10. The zero-order chi connectivity index (χ0) is 14.0. The minimum atomic E-state index is 0.105.